The Bertz CT molecular complexity index is 554. The third-order valence-electron chi connectivity index (χ3n) is 3.33. The summed E-state index contributed by atoms with van der Waals surface area (Å²) in [5.74, 6) is 0. The van der Waals surface area contributed by atoms with Gasteiger partial charge in [0.1, 0.15) is 0 Å². The van der Waals surface area contributed by atoms with Gasteiger partial charge < -0.3 is 9.64 Å². The summed E-state index contributed by atoms with van der Waals surface area (Å²) in [6.45, 7) is 2.16. The standard InChI is InChI=1S/C14H16N2O4/c1-20-10-11-4-6-15(7-5-11)13-2-3-14(16(18)19)12(8-13)9-17/h2-4,8-9H,5-7,10H2,1H3. The highest BCUT2D eigenvalue weighted by molar-refractivity contribution is 5.83. The Balaban J connectivity index is 2.18. The number of methoxy groups -OCH3 is 1. The van der Waals surface area contributed by atoms with Crippen LogP contribution in [0.1, 0.15) is 16.8 Å². The van der Waals surface area contributed by atoms with E-state index in [2.05, 4.69) is 11.0 Å². The Kier molecular flexibility index (Phi) is 4.47. The van der Waals surface area contributed by atoms with E-state index in [1.54, 1.807) is 19.2 Å². The lowest BCUT2D eigenvalue weighted by Gasteiger charge is -2.28. The number of anilines is 1. The van der Waals surface area contributed by atoms with E-state index in [1.807, 2.05) is 0 Å². The highest BCUT2D eigenvalue weighted by Gasteiger charge is 2.17. The molecule has 0 spiro atoms. The molecule has 1 aromatic carbocycles. The number of benzene rings is 1. The minimum Gasteiger partial charge on any atom is -0.380 e. The minimum absolute atomic E-state index is 0.110. The quantitative estimate of drug-likeness (QED) is 0.357. The summed E-state index contributed by atoms with van der Waals surface area (Å²) in [7, 11) is 1.67. The van der Waals surface area contributed by atoms with Crippen LogP contribution < -0.4 is 4.90 Å². The number of aldehydes is 1. The first-order valence-electron chi connectivity index (χ1n) is 6.31. The van der Waals surface area contributed by atoms with Crippen molar-refractivity contribution >= 4 is 17.7 Å². The molecule has 106 valence electrons. The van der Waals surface area contributed by atoms with Gasteiger partial charge in [-0.25, -0.2) is 0 Å². The number of nitro groups is 1. The van der Waals surface area contributed by atoms with Crippen LogP contribution >= 0.6 is 0 Å². The summed E-state index contributed by atoms with van der Waals surface area (Å²) in [6, 6.07) is 4.63. The normalized spacial score (nSPS) is 14.8. The number of carbonyl (C=O) groups excluding carboxylic acids is 1. The first kappa shape index (κ1) is 14.2. The van der Waals surface area contributed by atoms with Crippen molar-refractivity contribution < 1.29 is 14.5 Å². The Hall–Kier alpha value is -2.21. The molecule has 0 unspecified atom stereocenters. The molecule has 0 saturated carbocycles. The van der Waals surface area contributed by atoms with E-state index < -0.39 is 4.92 Å². The van der Waals surface area contributed by atoms with Gasteiger partial charge in [0.05, 0.1) is 17.1 Å². The zero-order chi connectivity index (χ0) is 14.5. The van der Waals surface area contributed by atoms with Crippen LogP contribution in [0.15, 0.2) is 29.8 Å². The molecule has 1 aliphatic rings. The van der Waals surface area contributed by atoms with E-state index >= 15 is 0 Å². The van der Waals surface area contributed by atoms with E-state index in [0.717, 1.165) is 25.2 Å². The van der Waals surface area contributed by atoms with Crippen LogP contribution in [-0.2, 0) is 4.74 Å². The third kappa shape index (κ3) is 3.03. The van der Waals surface area contributed by atoms with Crippen LogP contribution in [0.2, 0.25) is 0 Å². The van der Waals surface area contributed by atoms with Gasteiger partial charge in [0.2, 0.25) is 0 Å². The number of ether oxygens (including phenoxy) is 1. The molecule has 0 aromatic heterocycles. The Morgan fingerprint density at radius 2 is 2.30 bits per heavy atom. The van der Waals surface area contributed by atoms with Gasteiger partial charge >= 0.3 is 0 Å². The maximum atomic E-state index is 11.0. The second-order valence-corrected chi connectivity index (χ2v) is 4.61. The van der Waals surface area contributed by atoms with Crippen molar-refractivity contribution in [1.82, 2.24) is 0 Å². The summed E-state index contributed by atoms with van der Waals surface area (Å²) < 4.78 is 5.09. The monoisotopic (exact) mass is 276 g/mol. The minimum atomic E-state index is -0.541. The lowest BCUT2D eigenvalue weighted by molar-refractivity contribution is -0.385. The molecule has 0 saturated heterocycles. The Morgan fingerprint density at radius 1 is 1.50 bits per heavy atom. The molecule has 6 heteroatoms. The molecular weight excluding hydrogens is 260 g/mol. The summed E-state index contributed by atoms with van der Waals surface area (Å²) in [4.78, 5) is 23.3. The molecule has 2 rings (SSSR count). The zero-order valence-electron chi connectivity index (χ0n) is 11.2. The SMILES string of the molecule is COCC1=CCN(c2ccc([N+](=O)[O-])c(C=O)c2)CC1. The van der Waals surface area contributed by atoms with Gasteiger partial charge in [0.25, 0.3) is 5.69 Å². The van der Waals surface area contributed by atoms with Crippen molar-refractivity contribution in [3.63, 3.8) is 0 Å². The van der Waals surface area contributed by atoms with Gasteiger partial charge in [-0.15, -0.1) is 0 Å². The third-order valence-corrected chi connectivity index (χ3v) is 3.33. The largest absolute Gasteiger partial charge is 0.380 e. The highest BCUT2D eigenvalue weighted by atomic mass is 16.6. The molecule has 1 aromatic rings. The van der Waals surface area contributed by atoms with Gasteiger partial charge in [-0.2, -0.15) is 0 Å². The molecular formula is C14H16N2O4. The van der Waals surface area contributed by atoms with Crippen molar-refractivity contribution in [3.8, 4) is 0 Å². The fourth-order valence-corrected chi connectivity index (χ4v) is 2.26. The zero-order valence-corrected chi connectivity index (χ0v) is 11.2. The van der Waals surface area contributed by atoms with Crippen molar-refractivity contribution in [2.75, 3.05) is 31.7 Å². The van der Waals surface area contributed by atoms with Crippen molar-refractivity contribution in [2.45, 2.75) is 6.42 Å². The summed E-state index contributed by atoms with van der Waals surface area (Å²) in [5, 5.41) is 10.8. The predicted molar refractivity (Wildman–Crippen MR) is 75.3 cm³/mol. The van der Waals surface area contributed by atoms with Crippen LogP contribution in [0.3, 0.4) is 0 Å². The van der Waals surface area contributed by atoms with Crippen LogP contribution in [0, 0.1) is 10.1 Å². The topological polar surface area (TPSA) is 72.7 Å². The number of carbonyl (C=O) groups is 1. The second-order valence-electron chi connectivity index (χ2n) is 4.61. The molecule has 0 radical (unpaired) electrons. The molecule has 6 nitrogen and oxygen atoms in total. The number of nitrogens with zero attached hydrogens (tertiary/aromatic N) is 2. The fourth-order valence-electron chi connectivity index (χ4n) is 2.26. The number of nitro benzene ring substituents is 1. The van der Waals surface area contributed by atoms with Gasteiger partial charge in [-0.05, 0) is 24.1 Å². The molecule has 0 fully saturated rings. The van der Waals surface area contributed by atoms with E-state index in [4.69, 9.17) is 4.74 Å². The smallest absolute Gasteiger partial charge is 0.280 e. The number of rotatable bonds is 5. The van der Waals surface area contributed by atoms with Gasteiger partial charge in [0, 0.05) is 32.0 Å². The number of hydrogen-bond donors (Lipinski definition) is 0. The fraction of sp³-hybridized carbons (Fsp3) is 0.357. The first-order valence-corrected chi connectivity index (χ1v) is 6.31. The van der Waals surface area contributed by atoms with E-state index in [9.17, 15) is 14.9 Å². The summed E-state index contributed by atoms with van der Waals surface area (Å²) in [6.07, 6.45) is 3.51. The molecule has 0 aliphatic carbocycles. The lowest BCUT2D eigenvalue weighted by Crippen LogP contribution is -2.29. The van der Waals surface area contributed by atoms with Crippen molar-refractivity contribution in [3.05, 3.63) is 45.5 Å². The first-order chi connectivity index (χ1) is 9.65. The van der Waals surface area contributed by atoms with E-state index in [-0.39, 0.29) is 11.3 Å². The average molecular weight is 276 g/mol. The van der Waals surface area contributed by atoms with E-state index in [1.165, 1.54) is 11.6 Å². The maximum Gasteiger partial charge on any atom is 0.280 e. The average Bonchev–Trinajstić information content (AvgIpc) is 2.47. The van der Waals surface area contributed by atoms with E-state index in [0.29, 0.717) is 12.9 Å². The van der Waals surface area contributed by atoms with Crippen molar-refractivity contribution in [1.29, 1.82) is 0 Å². The van der Waals surface area contributed by atoms with Crippen molar-refractivity contribution in [2.24, 2.45) is 0 Å². The second kappa shape index (κ2) is 6.29. The Morgan fingerprint density at radius 3 is 2.85 bits per heavy atom. The van der Waals surface area contributed by atoms with Gasteiger partial charge in [-0.1, -0.05) is 6.08 Å². The molecule has 1 aliphatic heterocycles. The van der Waals surface area contributed by atoms with Crippen LogP contribution in [-0.4, -0.2) is 38.0 Å². The molecule has 0 amide bonds. The molecule has 20 heavy (non-hydrogen) atoms. The molecule has 1 heterocycles. The molecule has 0 N–H and O–H groups in total. The van der Waals surface area contributed by atoms with Crippen LogP contribution in [0.5, 0.6) is 0 Å². The van der Waals surface area contributed by atoms with Crippen LogP contribution in [0.4, 0.5) is 11.4 Å². The molecule has 0 bridgehead atoms. The summed E-state index contributed by atoms with van der Waals surface area (Å²) in [5.41, 5.74) is 2.03. The highest BCUT2D eigenvalue weighted by Crippen LogP contribution is 2.25. The summed E-state index contributed by atoms with van der Waals surface area (Å²) >= 11 is 0. The Labute approximate surface area is 116 Å². The number of hydrogen-bond acceptors (Lipinski definition) is 5. The lowest BCUT2D eigenvalue weighted by atomic mass is 10.1. The molecule has 0 atom stereocenters. The van der Waals surface area contributed by atoms with Gasteiger partial charge in [0.15, 0.2) is 6.29 Å². The van der Waals surface area contributed by atoms with Gasteiger partial charge in [-0.3, -0.25) is 14.9 Å². The predicted octanol–water partition coefficient (Wildman–Crippen LogP) is 2.19. The van der Waals surface area contributed by atoms with Crippen LogP contribution in [0.25, 0.3) is 0 Å². The maximum absolute atomic E-state index is 11.0.